The predicted molar refractivity (Wildman–Crippen MR) is 88.1 cm³/mol. The van der Waals surface area contributed by atoms with Gasteiger partial charge < -0.3 is 10.5 Å². The van der Waals surface area contributed by atoms with Crippen LogP contribution in [-0.2, 0) is 10.0 Å². The van der Waals surface area contributed by atoms with E-state index in [2.05, 4.69) is 20.7 Å². The minimum Gasteiger partial charge on any atom is -0.495 e. The molecule has 0 aromatic heterocycles. The SMILES string of the molecule is CCC(N)(CC)CNS(=O)(=O)c1cc(Br)c(C)cc1OC. The quantitative estimate of drug-likeness (QED) is 0.763. The van der Waals surface area contributed by atoms with Crippen LogP contribution in [0.5, 0.6) is 5.75 Å². The molecule has 0 amide bonds. The first-order valence-corrected chi connectivity index (χ1v) is 9.09. The number of methoxy groups -OCH3 is 1. The Morgan fingerprint density at radius 1 is 1.33 bits per heavy atom. The fourth-order valence-electron chi connectivity index (χ4n) is 1.82. The number of halogens is 1. The molecule has 7 heteroatoms. The standard InChI is InChI=1S/C14H23BrN2O3S/c1-5-14(16,6-2)9-17-21(18,19)13-8-11(15)10(3)7-12(13)20-4/h7-8,17H,5-6,9,16H2,1-4H3. The van der Waals surface area contributed by atoms with E-state index in [4.69, 9.17) is 10.5 Å². The van der Waals surface area contributed by atoms with E-state index in [0.717, 1.165) is 5.56 Å². The summed E-state index contributed by atoms with van der Waals surface area (Å²) < 4.78 is 33.5. The highest BCUT2D eigenvalue weighted by molar-refractivity contribution is 9.10. The summed E-state index contributed by atoms with van der Waals surface area (Å²) in [4.78, 5) is 0.108. The number of nitrogens with two attached hydrogens (primary N) is 1. The average Bonchev–Trinajstić information content (AvgIpc) is 2.47. The van der Waals surface area contributed by atoms with E-state index < -0.39 is 15.6 Å². The molecule has 0 aliphatic heterocycles. The van der Waals surface area contributed by atoms with Crippen molar-refractivity contribution >= 4 is 26.0 Å². The first-order chi connectivity index (χ1) is 9.69. The summed E-state index contributed by atoms with van der Waals surface area (Å²) in [6.07, 6.45) is 1.39. The van der Waals surface area contributed by atoms with E-state index in [1.807, 2.05) is 20.8 Å². The Balaban J connectivity index is 3.11. The second-order valence-electron chi connectivity index (χ2n) is 5.15. The van der Waals surface area contributed by atoms with Crippen molar-refractivity contribution in [3.8, 4) is 5.75 Å². The molecule has 21 heavy (non-hydrogen) atoms. The van der Waals surface area contributed by atoms with Crippen LogP contribution in [0.25, 0.3) is 0 Å². The minimum atomic E-state index is -3.68. The molecule has 0 aliphatic carbocycles. The summed E-state index contributed by atoms with van der Waals surface area (Å²) in [5.41, 5.74) is 6.50. The summed E-state index contributed by atoms with van der Waals surface area (Å²) in [5, 5.41) is 0. The summed E-state index contributed by atoms with van der Waals surface area (Å²) in [7, 11) is -2.23. The fourth-order valence-corrected chi connectivity index (χ4v) is 3.63. The number of aryl methyl sites for hydroxylation is 1. The van der Waals surface area contributed by atoms with Gasteiger partial charge in [0.2, 0.25) is 10.0 Å². The summed E-state index contributed by atoms with van der Waals surface area (Å²) in [6, 6.07) is 3.24. The summed E-state index contributed by atoms with van der Waals surface area (Å²) in [6.45, 7) is 5.95. The van der Waals surface area contributed by atoms with Crippen LogP contribution in [0, 0.1) is 6.92 Å². The molecule has 120 valence electrons. The van der Waals surface area contributed by atoms with Crippen LogP contribution in [0.1, 0.15) is 32.3 Å². The zero-order chi connectivity index (χ0) is 16.3. The molecule has 0 spiro atoms. The second-order valence-corrected chi connectivity index (χ2v) is 7.74. The van der Waals surface area contributed by atoms with Gasteiger partial charge in [0, 0.05) is 16.6 Å². The van der Waals surface area contributed by atoms with Crippen LogP contribution in [0.2, 0.25) is 0 Å². The maximum Gasteiger partial charge on any atom is 0.244 e. The van der Waals surface area contributed by atoms with Crippen LogP contribution >= 0.6 is 15.9 Å². The van der Waals surface area contributed by atoms with Gasteiger partial charge in [-0.3, -0.25) is 0 Å². The van der Waals surface area contributed by atoms with Crippen molar-refractivity contribution < 1.29 is 13.2 Å². The van der Waals surface area contributed by atoms with Crippen LogP contribution in [0.3, 0.4) is 0 Å². The highest BCUT2D eigenvalue weighted by atomic mass is 79.9. The highest BCUT2D eigenvalue weighted by Crippen LogP contribution is 2.30. The third-order valence-electron chi connectivity index (χ3n) is 3.76. The van der Waals surface area contributed by atoms with Gasteiger partial charge in [-0.05, 0) is 37.5 Å². The van der Waals surface area contributed by atoms with Gasteiger partial charge in [-0.1, -0.05) is 29.8 Å². The van der Waals surface area contributed by atoms with E-state index >= 15 is 0 Å². The molecule has 0 radical (unpaired) electrons. The number of hydrogen-bond donors (Lipinski definition) is 2. The lowest BCUT2D eigenvalue weighted by Crippen LogP contribution is -2.49. The molecular weight excluding hydrogens is 356 g/mol. The van der Waals surface area contributed by atoms with Crippen LogP contribution in [0.15, 0.2) is 21.5 Å². The molecule has 0 heterocycles. The normalized spacial score (nSPS) is 12.5. The molecule has 0 atom stereocenters. The zero-order valence-electron chi connectivity index (χ0n) is 12.9. The molecule has 5 nitrogen and oxygen atoms in total. The van der Waals surface area contributed by atoms with E-state index in [-0.39, 0.29) is 11.4 Å². The van der Waals surface area contributed by atoms with E-state index in [1.165, 1.54) is 7.11 Å². The number of benzene rings is 1. The molecule has 0 unspecified atom stereocenters. The number of ether oxygens (including phenoxy) is 1. The lowest BCUT2D eigenvalue weighted by Gasteiger charge is -2.27. The van der Waals surface area contributed by atoms with Crippen molar-refractivity contribution in [3.05, 3.63) is 22.2 Å². The van der Waals surface area contributed by atoms with Crippen LogP contribution in [-0.4, -0.2) is 27.6 Å². The number of hydrogen-bond acceptors (Lipinski definition) is 4. The van der Waals surface area contributed by atoms with Gasteiger partial charge in [0.15, 0.2) is 0 Å². The van der Waals surface area contributed by atoms with Gasteiger partial charge in [-0.15, -0.1) is 0 Å². The number of rotatable bonds is 7. The summed E-state index contributed by atoms with van der Waals surface area (Å²) >= 11 is 3.35. The zero-order valence-corrected chi connectivity index (χ0v) is 15.3. The molecular formula is C14H23BrN2O3S. The van der Waals surface area contributed by atoms with Crippen molar-refractivity contribution in [1.29, 1.82) is 0 Å². The summed E-state index contributed by atoms with van der Waals surface area (Å²) in [5.74, 6) is 0.318. The van der Waals surface area contributed by atoms with Crippen molar-refractivity contribution in [3.63, 3.8) is 0 Å². The highest BCUT2D eigenvalue weighted by Gasteiger charge is 2.26. The van der Waals surface area contributed by atoms with E-state index in [1.54, 1.807) is 12.1 Å². The molecule has 0 bridgehead atoms. The van der Waals surface area contributed by atoms with Crippen molar-refractivity contribution in [1.82, 2.24) is 4.72 Å². The molecule has 0 saturated heterocycles. The van der Waals surface area contributed by atoms with Gasteiger partial charge in [0.05, 0.1) is 7.11 Å². The largest absolute Gasteiger partial charge is 0.495 e. The predicted octanol–water partition coefficient (Wildman–Crippen LogP) is 2.56. The van der Waals surface area contributed by atoms with Crippen LogP contribution < -0.4 is 15.2 Å². The molecule has 0 aliphatic rings. The third-order valence-corrected chi connectivity index (χ3v) is 6.03. The van der Waals surface area contributed by atoms with E-state index in [0.29, 0.717) is 23.1 Å². The Morgan fingerprint density at radius 3 is 2.38 bits per heavy atom. The molecule has 1 aromatic carbocycles. The Kier molecular flexibility index (Phi) is 6.22. The topological polar surface area (TPSA) is 81.4 Å². The third kappa shape index (κ3) is 4.42. The van der Waals surface area contributed by atoms with Crippen molar-refractivity contribution in [2.45, 2.75) is 44.0 Å². The molecule has 0 fully saturated rings. The Labute approximate surface area is 135 Å². The maximum atomic E-state index is 12.5. The lowest BCUT2D eigenvalue weighted by molar-refractivity contribution is 0.388. The second kappa shape index (κ2) is 7.09. The van der Waals surface area contributed by atoms with Gasteiger partial charge in [0.25, 0.3) is 0 Å². The molecule has 0 saturated carbocycles. The van der Waals surface area contributed by atoms with E-state index in [9.17, 15) is 8.42 Å². The molecule has 1 aromatic rings. The Morgan fingerprint density at radius 2 is 1.90 bits per heavy atom. The van der Waals surface area contributed by atoms with Crippen molar-refractivity contribution in [2.24, 2.45) is 5.73 Å². The number of nitrogens with one attached hydrogen (secondary N) is 1. The smallest absolute Gasteiger partial charge is 0.244 e. The molecule has 1 rings (SSSR count). The average molecular weight is 379 g/mol. The first kappa shape index (κ1) is 18.4. The van der Waals surface area contributed by atoms with Gasteiger partial charge in [-0.2, -0.15) is 0 Å². The minimum absolute atomic E-state index is 0.108. The van der Waals surface area contributed by atoms with Crippen molar-refractivity contribution in [2.75, 3.05) is 13.7 Å². The van der Waals surface area contributed by atoms with Crippen LogP contribution in [0.4, 0.5) is 0 Å². The monoisotopic (exact) mass is 378 g/mol. The van der Waals surface area contributed by atoms with Gasteiger partial charge in [-0.25, -0.2) is 13.1 Å². The Bertz CT molecular complexity index is 598. The fraction of sp³-hybridized carbons (Fsp3) is 0.571. The first-order valence-electron chi connectivity index (χ1n) is 6.81. The Hall–Kier alpha value is -0.630. The van der Waals surface area contributed by atoms with Gasteiger partial charge in [0.1, 0.15) is 10.6 Å². The maximum absolute atomic E-state index is 12.5. The van der Waals surface area contributed by atoms with Gasteiger partial charge >= 0.3 is 0 Å². The number of sulfonamides is 1. The molecule has 3 N–H and O–H groups in total. The lowest BCUT2D eigenvalue weighted by atomic mass is 9.95.